The Bertz CT molecular complexity index is 6120. The minimum absolute atomic E-state index is 0.141. The van der Waals surface area contributed by atoms with Crippen molar-refractivity contribution in [3.8, 4) is 72.4 Å². The smallest absolute Gasteiger partial charge is 0.252 e. The van der Waals surface area contributed by atoms with Crippen LogP contribution in [-0.2, 0) is 16.2 Å². The maximum Gasteiger partial charge on any atom is 0.252 e. The van der Waals surface area contributed by atoms with E-state index >= 15 is 0 Å². The topological polar surface area (TPSA) is 11.4 Å². The minimum Gasteiger partial charge on any atom is -0.311 e. The molecule has 1 aromatic heterocycles. The first-order valence-corrected chi connectivity index (χ1v) is 35.9. The van der Waals surface area contributed by atoms with E-state index < -0.39 is 11.5 Å². The van der Waals surface area contributed by atoms with Gasteiger partial charge in [-0.2, -0.15) is 0 Å². The van der Waals surface area contributed by atoms with E-state index in [0.717, 1.165) is 123 Å². The van der Waals surface area contributed by atoms with Crippen molar-refractivity contribution in [2.24, 2.45) is 0 Å². The van der Waals surface area contributed by atoms with Crippen molar-refractivity contribution in [3.63, 3.8) is 0 Å². The van der Waals surface area contributed by atoms with Crippen LogP contribution in [0.2, 0.25) is 0 Å². The molecule has 0 amide bonds. The Labute approximate surface area is 612 Å². The first kappa shape index (κ1) is 56.5. The van der Waals surface area contributed by atoms with E-state index in [-0.39, 0.29) is 47.3 Å². The van der Waals surface area contributed by atoms with Crippen molar-refractivity contribution < 1.29 is 6.85 Å². The van der Waals surface area contributed by atoms with Gasteiger partial charge >= 0.3 is 0 Å². The van der Waals surface area contributed by atoms with Crippen LogP contribution in [0, 0.1) is 0 Å². The monoisotopic (exact) mass is 1320 g/mol. The van der Waals surface area contributed by atoms with Crippen molar-refractivity contribution >= 4 is 79.0 Å². The number of aromatic nitrogens is 1. The lowest BCUT2D eigenvalue weighted by atomic mass is 9.33. The molecule has 0 unspecified atom stereocenters. The van der Waals surface area contributed by atoms with Crippen LogP contribution in [0.1, 0.15) is 81.8 Å². The summed E-state index contributed by atoms with van der Waals surface area (Å²) in [6.07, 6.45) is 0. The molecule has 4 heteroatoms. The summed E-state index contributed by atoms with van der Waals surface area (Å²) in [5.41, 5.74) is 30.4. The van der Waals surface area contributed by atoms with Gasteiger partial charge in [0, 0.05) is 56.0 Å². The third kappa shape index (κ3) is 9.86. The van der Waals surface area contributed by atoms with Gasteiger partial charge in [-0.25, -0.2) is 0 Å². The van der Waals surface area contributed by atoms with E-state index in [9.17, 15) is 2.74 Å². The summed E-state index contributed by atoms with van der Waals surface area (Å²) in [7, 11) is 0. The highest BCUT2D eigenvalue weighted by molar-refractivity contribution is 7.00. The van der Waals surface area contributed by atoms with Gasteiger partial charge in [0.25, 0.3) is 6.71 Å². The Kier molecular flexibility index (Phi) is 13.2. The van der Waals surface area contributed by atoms with Crippen LogP contribution in [0.3, 0.4) is 0 Å². The highest BCUT2D eigenvalue weighted by Crippen LogP contribution is 2.60. The number of benzene rings is 15. The lowest BCUT2D eigenvalue weighted by Crippen LogP contribution is -2.61. The molecule has 0 saturated heterocycles. The normalized spacial score (nSPS) is 14.0. The number of para-hydroxylation sites is 3. The van der Waals surface area contributed by atoms with Crippen molar-refractivity contribution in [1.82, 2.24) is 4.57 Å². The first-order valence-electron chi connectivity index (χ1n) is 38.4. The van der Waals surface area contributed by atoms with E-state index in [2.05, 4.69) is 365 Å². The molecule has 0 radical (unpaired) electrons. The molecule has 0 bridgehead atoms. The zero-order valence-electron chi connectivity index (χ0n) is 63.5. The second-order valence-electron chi connectivity index (χ2n) is 30.0. The maximum absolute atomic E-state index is 9.28. The molecule has 3 heterocycles. The Hall–Kier alpha value is -12.2. The van der Waals surface area contributed by atoms with Crippen LogP contribution in [-0.4, -0.2) is 11.3 Å². The predicted octanol–water partition coefficient (Wildman–Crippen LogP) is 24.2. The third-order valence-corrected chi connectivity index (χ3v) is 22.0. The van der Waals surface area contributed by atoms with Crippen molar-refractivity contribution in [2.45, 2.75) is 57.8 Å². The molecule has 0 fully saturated rings. The minimum atomic E-state index is -0.774. The predicted molar refractivity (Wildman–Crippen MR) is 437 cm³/mol. The average molecular weight is 1320 g/mol. The molecular weight excluding hydrogens is 1240 g/mol. The van der Waals surface area contributed by atoms with E-state index in [0.29, 0.717) is 5.56 Å². The number of hydrogen-bond donors (Lipinski definition) is 0. The lowest BCUT2D eigenvalue weighted by Gasteiger charge is -2.45. The van der Waals surface area contributed by atoms with Gasteiger partial charge in [0.15, 0.2) is 0 Å². The fraction of sp³-hybridized carbons (Fsp3) is 0.0909. The van der Waals surface area contributed by atoms with Crippen LogP contribution >= 0.6 is 0 Å². The highest BCUT2D eigenvalue weighted by Gasteiger charge is 2.49. The SMILES string of the molecule is [2H]c1c([2H])c([2H])c(-c2ccc(N3c4cc(-n5c6ccccc6c6ccccc65)ccc4B4c5cc(-c6cc(C(C)(C)C)cc(C(C)(C)C)c6)ccc5N(c5c(-c6ccccc6)cccc5-c5ccccc5)c5cc(-c6cccc7c6C(c6ccccc6)(c6ccccc6)c6ccccc6-7)cc3c54)cc2)c([2H])c1[2H]. The fourth-order valence-electron chi connectivity index (χ4n) is 17.2. The molecule has 0 spiro atoms. The Balaban J connectivity index is 0.986. The van der Waals surface area contributed by atoms with Crippen LogP contribution in [0.4, 0.5) is 34.1 Å². The molecule has 16 aromatic rings. The van der Waals surface area contributed by atoms with Gasteiger partial charge in [-0.15, -0.1) is 0 Å². The average Bonchev–Trinajstić information content (AvgIpc) is 1.21. The largest absolute Gasteiger partial charge is 0.311 e. The number of nitrogens with zero attached hydrogens (tertiary/aromatic N) is 3. The summed E-state index contributed by atoms with van der Waals surface area (Å²) in [5, 5.41) is 2.32. The standard InChI is InChI=1S/C99H76BN3/c1-97(2,3)74-58-70(59-75(63-74)98(4,5)6)69-52-57-90-87(60-69)100-86-56-55-77(102-88-48-26-23-41-82(88)83-42-24-27-49-89(83)102)64-91(86)101(76-53-50-66(51-54-76)65-30-12-7-13-31-65)92-61-71(62-93(95(92)100)103(90)96-79(67-32-14-8-15-33-67)44-29-45-80(96)68-34-16-9-17-35-68)78-43-28-46-84-81-40-22-25-47-85(81)99(94(78)84,72-36-18-10-19-37-72)73-38-20-11-21-39-73/h7-64H,1-6H3/i7D,12D,13D,30D,31D. The number of hydrogen-bond acceptors (Lipinski definition) is 2. The van der Waals surface area contributed by atoms with Gasteiger partial charge < -0.3 is 14.4 Å². The fourth-order valence-corrected chi connectivity index (χ4v) is 17.2. The Morgan fingerprint density at radius 3 is 1.43 bits per heavy atom. The summed E-state index contributed by atoms with van der Waals surface area (Å²) in [6, 6.07) is 117. The van der Waals surface area contributed by atoms with Gasteiger partial charge in [0.2, 0.25) is 0 Å². The Morgan fingerprint density at radius 1 is 0.320 bits per heavy atom. The van der Waals surface area contributed by atoms with E-state index in [1.807, 2.05) is 12.1 Å². The molecule has 103 heavy (non-hydrogen) atoms. The molecule has 0 N–H and O–H groups in total. The third-order valence-electron chi connectivity index (χ3n) is 22.0. The van der Waals surface area contributed by atoms with Gasteiger partial charge in [-0.1, -0.05) is 339 Å². The second kappa shape index (κ2) is 24.0. The Morgan fingerprint density at radius 2 is 0.825 bits per heavy atom. The van der Waals surface area contributed by atoms with Crippen molar-refractivity contribution in [2.75, 3.05) is 9.80 Å². The highest BCUT2D eigenvalue weighted by atomic mass is 15.2. The van der Waals surface area contributed by atoms with Gasteiger partial charge in [0.05, 0.1) is 29.0 Å². The van der Waals surface area contributed by atoms with Crippen LogP contribution in [0.15, 0.2) is 352 Å². The van der Waals surface area contributed by atoms with Crippen LogP contribution < -0.4 is 26.2 Å². The van der Waals surface area contributed by atoms with Gasteiger partial charge in [-0.05, 0) is 171 Å². The summed E-state index contributed by atoms with van der Waals surface area (Å²) in [5.74, 6) is 0. The van der Waals surface area contributed by atoms with Gasteiger partial charge in [-0.3, -0.25) is 0 Å². The van der Waals surface area contributed by atoms with E-state index in [4.69, 9.17) is 4.11 Å². The molecule has 0 atom stereocenters. The maximum atomic E-state index is 9.28. The molecule has 0 saturated carbocycles. The zero-order valence-corrected chi connectivity index (χ0v) is 58.5. The summed E-state index contributed by atoms with van der Waals surface area (Å²) in [6.45, 7) is 13.5. The number of anilines is 6. The molecule has 3 aliphatic rings. The molecule has 19 rings (SSSR count). The second-order valence-corrected chi connectivity index (χ2v) is 30.0. The lowest BCUT2D eigenvalue weighted by molar-refractivity contribution is 0.569. The number of fused-ring (bicyclic) bond motifs is 10. The van der Waals surface area contributed by atoms with E-state index in [1.54, 1.807) is 0 Å². The molecule has 15 aromatic carbocycles. The van der Waals surface area contributed by atoms with Crippen molar-refractivity contribution in [3.05, 3.63) is 385 Å². The van der Waals surface area contributed by atoms with Crippen LogP contribution in [0.5, 0.6) is 0 Å². The molecule has 2 aliphatic heterocycles. The summed E-state index contributed by atoms with van der Waals surface area (Å²) >= 11 is 0. The number of rotatable bonds is 10. The molecule has 3 nitrogen and oxygen atoms in total. The van der Waals surface area contributed by atoms with Gasteiger partial charge in [0.1, 0.15) is 0 Å². The summed E-state index contributed by atoms with van der Waals surface area (Å²) < 4.78 is 47.3. The van der Waals surface area contributed by atoms with Crippen LogP contribution in [0.25, 0.3) is 94.3 Å². The van der Waals surface area contributed by atoms with E-state index in [1.165, 1.54) is 44.5 Å². The first-order chi connectivity index (χ1) is 52.4. The summed E-state index contributed by atoms with van der Waals surface area (Å²) in [4.78, 5) is 5.08. The molecule has 490 valence electrons. The quantitative estimate of drug-likeness (QED) is 0.126. The molecular formula is C99H76BN3. The van der Waals surface area contributed by atoms with Crippen molar-refractivity contribution in [1.29, 1.82) is 0 Å². The molecule has 1 aliphatic carbocycles. The zero-order chi connectivity index (χ0) is 73.6.